The molecule has 0 radical (unpaired) electrons. The van der Waals surface area contributed by atoms with Gasteiger partial charge in [0, 0.05) is 30.6 Å². The zero-order valence-electron chi connectivity index (χ0n) is 28.0. The number of para-hydroxylation sites is 2. The van der Waals surface area contributed by atoms with E-state index in [0.717, 1.165) is 28.2 Å². The first-order valence-electron chi connectivity index (χ1n) is 16.0. The normalized spacial score (nSPS) is 16.6. The topological polar surface area (TPSA) is 3.24 Å². The highest BCUT2D eigenvalue weighted by Gasteiger charge is 2.35. The van der Waals surface area contributed by atoms with Gasteiger partial charge in [-0.25, -0.2) is 0 Å². The molecule has 0 aliphatic heterocycles. The second-order valence-electron chi connectivity index (χ2n) is 11.0. The van der Waals surface area contributed by atoms with Crippen molar-refractivity contribution in [2.24, 2.45) is 0 Å². The van der Waals surface area contributed by atoms with E-state index in [1.54, 1.807) is 18.2 Å². The number of hydrogen-bond donors (Lipinski definition) is 0. The summed E-state index contributed by atoms with van der Waals surface area (Å²) < 4.78 is 51.2. The van der Waals surface area contributed by atoms with Gasteiger partial charge in [-0.3, -0.25) is 0 Å². The third kappa shape index (κ3) is 4.03. The van der Waals surface area contributed by atoms with Crippen LogP contribution in [0, 0.1) is 0 Å². The van der Waals surface area contributed by atoms with Gasteiger partial charge in [0.25, 0.3) is 0 Å². The van der Waals surface area contributed by atoms with Crippen molar-refractivity contribution in [2.45, 2.75) is 45.3 Å². The average molecular weight is 500 g/mol. The lowest BCUT2D eigenvalue weighted by Crippen LogP contribution is -2.15. The summed E-state index contributed by atoms with van der Waals surface area (Å²) in [6.45, 7) is 1.00. The Hall–Kier alpha value is -4.10. The van der Waals surface area contributed by atoms with E-state index in [-0.39, 0.29) is 5.41 Å². The Balaban J connectivity index is 1.59. The zero-order valence-corrected chi connectivity index (χ0v) is 22.0. The molecule has 5 aromatic carbocycles. The van der Waals surface area contributed by atoms with Crippen LogP contribution < -0.4 is 4.90 Å². The molecule has 38 heavy (non-hydrogen) atoms. The molecule has 0 N–H and O–H groups in total. The van der Waals surface area contributed by atoms with Gasteiger partial charge >= 0.3 is 0 Å². The predicted molar refractivity (Wildman–Crippen MR) is 163 cm³/mol. The lowest BCUT2D eigenvalue weighted by Gasteiger charge is -2.29. The molecule has 0 heterocycles. The SMILES string of the molecule is [2H]C([2H])([2H])C1(C([2H])([2H])[2H])c2ccccc2-c2cc(N(c3ccccc3)c3ccccc3-c3ccc(C(C)(C)C)cc3)ccc21. The van der Waals surface area contributed by atoms with Gasteiger partial charge in [0.05, 0.1) is 5.69 Å². The van der Waals surface area contributed by atoms with Gasteiger partial charge < -0.3 is 4.90 Å². The second kappa shape index (κ2) is 9.03. The van der Waals surface area contributed by atoms with Crippen LogP contribution in [0.5, 0.6) is 0 Å². The Morgan fingerprint density at radius 2 is 1.21 bits per heavy atom. The molecule has 188 valence electrons. The largest absolute Gasteiger partial charge is 0.310 e. The molecule has 0 fully saturated rings. The molecule has 5 aromatic rings. The lowest BCUT2D eigenvalue weighted by molar-refractivity contribution is 0.590. The molecule has 0 spiro atoms. The minimum atomic E-state index is -2.80. The van der Waals surface area contributed by atoms with Gasteiger partial charge in [0.2, 0.25) is 0 Å². The smallest absolute Gasteiger partial charge is 0.0540 e. The summed E-state index contributed by atoms with van der Waals surface area (Å²) in [6.07, 6.45) is 0. The van der Waals surface area contributed by atoms with E-state index in [0.29, 0.717) is 22.3 Å². The van der Waals surface area contributed by atoms with Crippen molar-refractivity contribution >= 4 is 17.1 Å². The summed E-state index contributed by atoms with van der Waals surface area (Å²) in [5.74, 6) is 0. The van der Waals surface area contributed by atoms with Crippen LogP contribution in [0.15, 0.2) is 121 Å². The summed E-state index contributed by atoms with van der Waals surface area (Å²) >= 11 is 0. The first-order valence-corrected chi connectivity index (χ1v) is 13.0. The van der Waals surface area contributed by atoms with Gasteiger partial charge in [-0.1, -0.05) is 125 Å². The predicted octanol–water partition coefficient (Wildman–Crippen LogP) is 10.4. The van der Waals surface area contributed by atoms with E-state index < -0.39 is 19.1 Å². The van der Waals surface area contributed by atoms with Crippen LogP contribution in [0.3, 0.4) is 0 Å². The molecule has 0 amide bonds. The standard InChI is InChI=1S/C37H35N/c1-36(2,3)27-21-19-26(20-22-27)30-15-10-12-18-35(30)38(28-13-7-6-8-14-28)29-23-24-34-32(25-29)31-16-9-11-17-33(31)37(34,4)5/h6-25H,1-5H3/i4D3,5D3. The molecular formula is C37H35N. The van der Waals surface area contributed by atoms with Crippen molar-refractivity contribution in [3.63, 3.8) is 0 Å². The maximum Gasteiger partial charge on any atom is 0.0540 e. The third-order valence-corrected chi connectivity index (χ3v) is 7.51. The Bertz CT molecular complexity index is 1800. The van der Waals surface area contributed by atoms with Crippen LogP contribution in [0.25, 0.3) is 22.3 Å². The number of benzene rings is 5. The number of nitrogens with zero attached hydrogens (tertiary/aromatic N) is 1. The molecular weight excluding hydrogens is 458 g/mol. The fourth-order valence-electron chi connectivity index (χ4n) is 5.48. The number of anilines is 3. The molecule has 6 rings (SSSR count). The van der Waals surface area contributed by atoms with Gasteiger partial charge in [0.15, 0.2) is 0 Å². The molecule has 0 saturated carbocycles. The van der Waals surface area contributed by atoms with Crippen LogP contribution in [-0.2, 0) is 10.8 Å². The van der Waals surface area contributed by atoms with E-state index in [1.165, 1.54) is 5.56 Å². The van der Waals surface area contributed by atoms with Crippen molar-refractivity contribution in [2.75, 3.05) is 4.90 Å². The molecule has 1 aliphatic carbocycles. The van der Waals surface area contributed by atoms with Gasteiger partial charge in [-0.05, 0) is 69.1 Å². The summed E-state index contributed by atoms with van der Waals surface area (Å²) in [6, 6.07) is 39.4. The highest BCUT2D eigenvalue weighted by Crippen LogP contribution is 2.51. The summed E-state index contributed by atoms with van der Waals surface area (Å²) in [7, 11) is 0. The molecule has 0 bridgehead atoms. The van der Waals surface area contributed by atoms with E-state index >= 15 is 0 Å². The van der Waals surface area contributed by atoms with Crippen LogP contribution >= 0.6 is 0 Å². The first kappa shape index (κ1) is 18.2. The fraction of sp³-hybridized carbons (Fsp3) is 0.189. The molecule has 0 saturated heterocycles. The Morgan fingerprint density at radius 1 is 0.579 bits per heavy atom. The number of hydrogen-bond acceptors (Lipinski definition) is 1. The minimum Gasteiger partial charge on any atom is -0.310 e. The Morgan fingerprint density at radius 3 is 1.92 bits per heavy atom. The van der Waals surface area contributed by atoms with Crippen LogP contribution in [0.1, 0.15) is 59.4 Å². The monoisotopic (exact) mass is 499 g/mol. The van der Waals surface area contributed by atoms with Gasteiger partial charge in [0.1, 0.15) is 0 Å². The van der Waals surface area contributed by atoms with E-state index in [2.05, 4.69) is 62.1 Å². The summed E-state index contributed by atoms with van der Waals surface area (Å²) in [5, 5.41) is 0. The van der Waals surface area contributed by atoms with Gasteiger partial charge in [-0.15, -0.1) is 0 Å². The Kier molecular flexibility index (Phi) is 4.32. The highest BCUT2D eigenvalue weighted by atomic mass is 15.1. The van der Waals surface area contributed by atoms with Crippen molar-refractivity contribution in [3.05, 3.63) is 138 Å². The lowest BCUT2D eigenvalue weighted by atomic mass is 9.82. The summed E-state index contributed by atoms with van der Waals surface area (Å²) in [5.41, 5.74) is 5.83. The van der Waals surface area contributed by atoms with Crippen molar-refractivity contribution in [1.29, 1.82) is 0 Å². The number of rotatable bonds is 4. The summed E-state index contributed by atoms with van der Waals surface area (Å²) in [4.78, 5) is 2.15. The first-order chi connectivity index (χ1) is 20.7. The van der Waals surface area contributed by atoms with E-state index in [9.17, 15) is 0 Å². The van der Waals surface area contributed by atoms with Gasteiger partial charge in [-0.2, -0.15) is 0 Å². The van der Waals surface area contributed by atoms with E-state index in [1.807, 2.05) is 66.7 Å². The average Bonchev–Trinajstić information content (AvgIpc) is 3.29. The van der Waals surface area contributed by atoms with Crippen LogP contribution in [-0.4, -0.2) is 0 Å². The molecule has 1 nitrogen and oxygen atoms in total. The van der Waals surface area contributed by atoms with Crippen molar-refractivity contribution in [3.8, 4) is 22.3 Å². The molecule has 0 aromatic heterocycles. The van der Waals surface area contributed by atoms with Crippen molar-refractivity contribution in [1.82, 2.24) is 0 Å². The molecule has 1 heteroatoms. The maximum absolute atomic E-state index is 8.54. The molecule has 1 aliphatic rings. The van der Waals surface area contributed by atoms with Crippen molar-refractivity contribution < 1.29 is 8.22 Å². The van der Waals surface area contributed by atoms with Crippen LogP contribution in [0.4, 0.5) is 17.1 Å². The zero-order chi connectivity index (χ0) is 31.5. The quantitative estimate of drug-likeness (QED) is 0.238. The number of fused-ring (bicyclic) bond motifs is 3. The highest BCUT2D eigenvalue weighted by molar-refractivity contribution is 5.91. The fourth-order valence-corrected chi connectivity index (χ4v) is 5.48. The third-order valence-electron chi connectivity index (χ3n) is 7.51. The maximum atomic E-state index is 8.54. The van der Waals surface area contributed by atoms with E-state index in [4.69, 9.17) is 8.22 Å². The molecule has 0 atom stereocenters. The second-order valence-corrected chi connectivity index (χ2v) is 11.0. The van der Waals surface area contributed by atoms with Crippen LogP contribution in [0.2, 0.25) is 0 Å². The minimum absolute atomic E-state index is 0.0352. The Labute approximate surface area is 235 Å². The molecule has 0 unspecified atom stereocenters.